The molecule has 0 heterocycles. The molecule has 20 heavy (non-hydrogen) atoms. The van der Waals surface area contributed by atoms with Crippen LogP contribution in [-0.2, 0) is 88.1 Å². The average molecular weight is 424 g/mol. The molecule has 1 aromatic carbocycles. The second kappa shape index (κ2) is 14.0. The molecule has 0 aliphatic carbocycles. The van der Waals surface area contributed by atoms with Crippen molar-refractivity contribution in [2.24, 2.45) is 0 Å². The molecule has 4 nitrogen and oxygen atoms in total. The van der Waals surface area contributed by atoms with E-state index in [2.05, 4.69) is 0 Å². The van der Waals surface area contributed by atoms with E-state index in [1.807, 2.05) is 24.3 Å². The zero-order valence-corrected chi connectivity index (χ0v) is 17.0. The van der Waals surface area contributed by atoms with Gasteiger partial charge in [0.25, 0.3) is 0 Å². The Balaban J connectivity index is 0. The third kappa shape index (κ3) is 9.42. The molecule has 0 aliphatic heterocycles. The fraction of sp³-hybridized carbons (Fsp3) is 0.500. The third-order valence-electron chi connectivity index (χ3n) is 2.38. The van der Waals surface area contributed by atoms with E-state index in [0.29, 0.717) is 0 Å². The van der Waals surface area contributed by atoms with Crippen LogP contribution in [0.25, 0.3) is 0 Å². The summed E-state index contributed by atoms with van der Waals surface area (Å²) < 4.78 is 10.5. The van der Waals surface area contributed by atoms with Crippen molar-refractivity contribution in [1.82, 2.24) is 0 Å². The number of hydrogen-bond donors (Lipinski definition) is 2. The van der Waals surface area contributed by atoms with Crippen LogP contribution in [0.4, 0.5) is 0 Å². The quantitative estimate of drug-likeness (QED) is 0.563. The van der Waals surface area contributed by atoms with E-state index in [0.717, 1.165) is 11.1 Å². The summed E-state index contributed by atoms with van der Waals surface area (Å²) >= 11 is 0. The second-order valence-corrected chi connectivity index (χ2v) is 3.83. The topological polar surface area (TPSA) is 58.9 Å². The molecule has 2 unspecified atom stereocenters. The first kappa shape index (κ1) is 23.7. The molecule has 8 heteroatoms. The first-order valence-corrected chi connectivity index (χ1v) is 5.70. The summed E-state index contributed by atoms with van der Waals surface area (Å²) in [6.45, 7) is 0.118. The van der Waals surface area contributed by atoms with Crippen molar-refractivity contribution in [3.8, 4) is 0 Å². The van der Waals surface area contributed by atoms with Crippen molar-refractivity contribution in [3.63, 3.8) is 0 Å². The SMILES string of the molecule is [B]C(CO)OCc1ccccc1COC([B])CO.[Y].[Y]. The first-order valence-electron chi connectivity index (χ1n) is 5.70. The van der Waals surface area contributed by atoms with E-state index in [-0.39, 0.29) is 91.8 Å². The molecule has 0 aromatic heterocycles. The van der Waals surface area contributed by atoms with Gasteiger partial charge in [-0.3, -0.25) is 0 Å². The van der Waals surface area contributed by atoms with Gasteiger partial charge in [-0.05, 0) is 11.1 Å². The van der Waals surface area contributed by atoms with E-state index in [1.54, 1.807) is 0 Å². The predicted molar refractivity (Wildman–Crippen MR) is 69.3 cm³/mol. The maximum Gasteiger partial charge on any atom is 0.112 e. The molecule has 0 saturated heterocycles. The van der Waals surface area contributed by atoms with Crippen LogP contribution in [0.1, 0.15) is 11.1 Å². The van der Waals surface area contributed by atoms with Crippen LogP contribution in [-0.4, -0.2) is 51.1 Å². The zero-order valence-electron chi connectivity index (χ0n) is 11.3. The van der Waals surface area contributed by atoms with Gasteiger partial charge < -0.3 is 19.7 Å². The van der Waals surface area contributed by atoms with E-state index >= 15 is 0 Å². The van der Waals surface area contributed by atoms with Gasteiger partial charge in [0.2, 0.25) is 0 Å². The fourth-order valence-electron chi connectivity index (χ4n) is 1.34. The van der Waals surface area contributed by atoms with Crippen LogP contribution in [0.2, 0.25) is 0 Å². The van der Waals surface area contributed by atoms with Gasteiger partial charge in [0.15, 0.2) is 0 Å². The Labute approximate surface area is 173 Å². The minimum Gasteiger partial charge on any atom is -0.395 e. The molecular weight excluding hydrogens is 408 g/mol. The maximum atomic E-state index is 8.77. The molecule has 0 saturated carbocycles. The van der Waals surface area contributed by atoms with Crippen molar-refractivity contribution < 1.29 is 85.1 Å². The standard InChI is InChI=1S/C12H16B2O4.2Y/c13-11(5-15)17-7-9-3-1-2-4-10(9)8-18-12(14)6-16;;/h1-4,11-12,15-16H,5-8H2;;. The Bertz CT molecular complexity index is 325. The van der Waals surface area contributed by atoms with Crippen molar-refractivity contribution in [3.05, 3.63) is 35.4 Å². The molecule has 6 radical (unpaired) electrons. The summed E-state index contributed by atoms with van der Waals surface area (Å²) in [5, 5.41) is 17.5. The Morgan fingerprint density at radius 3 is 1.50 bits per heavy atom. The summed E-state index contributed by atoms with van der Waals surface area (Å²) in [7, 11) is 10.9. The number of rotatable bonds is 8. The van der Waals surface area contributed by atoms with Crippen LogP contribution < -0.4 is 0 Å². The van der Waals surface area contributed by atoms with Gasteiger partial charge in [-0.15, -0.1) is 0 Å². The molecular formula is C12H16B2O4Y2. The van der Waals surface area contributed by atoms with Crippen molar-refractivity contribution in [2.75, 3.05) is 13.2 Å². The second-order valence-electron chi connectivity index (χ2n) is 3.83. The van der Waals surface area contributed by atoms with E-state index < -0.39 is 12.0 Å². The van der Waals surface area contributed by atoms with Gasteiger partial charge in [0.05, 0.1) is 26.4 Å². The molecule has 1 rings (SSSR count). The van der Waals surface area contributed by atoms with Crippen molar-refractivity contribution in [1.29, 1.82) is 0 Å². The van der Waals surface area contributed by atoms with Crippen molar-refractivity contribution in [2.45, 2.75) is 25.2 Å². The van der Waals surface area contributed by atoms with Crippen molar-refractivity contribution >= 4 is 15.7 Å². The van der Waals surface area contributed by atoms with Gasteiger partial charge >= 0.3 is 0 Å². The van der Waals surface area contributed by atoms with Crippen LogP contribution in [0.3, 0.4) is 0 Å². The normalized spacial score (nSPS) is 12.9. The van der Waals surface area contributed by atoms with E-state index in [9.17, 15) is 0 Å². The predicted octanol–water partition coefficient (Wildman–Crippen LogP) is -0.311. The number of aliphatic hydroxyl groups excluding tert-OH is 2. The molecule has 0 amide bonds. The maximum absolute atomic E-state index is 8.77. The zero-order chi connectivity index (χ0) is 13.4. The molecule has 100 valence electrons. The average Bonchev–Trinajstić information content (AvgIpc) is 2.42. The first-order chi connectivity index (χ1) is 8.67. The minimum atomic E-state index is -0.696. The summed E-state index contributed by atoms with van der Waals surface area (Å²) in [6.07, 6.45) is 0. The number of aliphatic hydroxyl groups is 2. The fourth-order valence-corrected chi connectivity index (χ4v) is 1.34. The molecule has 0 aliphatic rings. The Kier molecular flexibility index (Phi) is 16.6. The largest absolute Gasteiger partial charge is 0.395 e. The summed E-state index contributed by atoms with van der Waals surface area (Å²) in [4.78, 5) is 0. The van der Waals surface area contributed by atoms with E-state index in [4.69, 9.17) is 35.4 Å². The molecule has 0 spiro atoms. The summed E-state index contributed by atoms with van der Waals surface area (Å²) in [5.41, 5.74) is 1.82. The van der Waals surface area contributed by atoms with Crippen LogP contribution in [0.5, 0.6) is 0 Å². The van der Waals surface area contributed by atoms with Gasteiger partial charge in [-0.2, -0.15) is 0 Å². The smallest absolute Gasteiger partial charge is 0.112 e. The minimum absolute atomic E-state index is 0. The van der Waals surface area contributed by atoms with E-state index in [1.165, 1.54) is 0 Å². The Hall–Kier alpha value is 1.40. The van der Waals surface area contributed by atoms with Gasteiger partial charge in [-0.1, -0.05) is 24.3 Å². The number of benzene rings is 1. The molecule has 2 atom stereocenters. The Morgan fingerprint density at radius 2 is 1.20 bits per heavy atom. The third-order valence-corrected chi connectivity index (χ3v) is 2.38. The summed E-state index contributed by atoms with van der Waals surface area (Å²) in [6, 6.07) is 6.12. The number of hydrogen-bond acceptors (Lipinski definition) is 4. The molecule has 2 N–H and O–H groups in total. The van der Waals surface area contributed by atoms with Crippen LogP contribution in [0.15, 0.2) is 24.3 Å². The molecule has 0 bridgehead atoms. The number of ether oxygens (including phenoxy) is 2. The molecule has 0 fully saturated rings. The van der Waals surface area contributed by atoms with Crippen LogP contribution in [0, 0.1) is 0 Å². The van der Waals surface area contributed by atoms with Gasteiger partial charge in [0, 0.05) is 77.4 Å². The van der Waals surface area contributed by atoms with Gasteiger partial charge in [0.1, 0.15) is 15.7 Å². The van der Waals surface area contributed by atoms with Crippen LogP contribution >= 0.6 is 0 Å². The monoisotopic (exact) mass is 424 g/mol. The summed E-state index contributed by atoms with van der Waals surface area (Å²) in [5.74, 6) is 0. The van der Waals surface area contributed by atoms with Gasteiger partial charge in [-0.25, -0.2) is 0 Å². The molecule has 1 aromatic rings. The Morgan fingerprint density at radius 1 is 0.850 bits per heavy atom.